The van der Waals surface area contributed by atoms with Crippen molar-refractivity contribution in [3.63, 3.8) is 0 Å². The van der Waals surface area contributed by atoms with Gasteiger partial charge in [0.15, 0.2) is 0 Å². The second-order valence-corrected chi connectivity index (χ2v) is 8.15. The highest BCUT2D eigenvalue weighted by molar-refractivity contribution is 9.10. The number of aromatic carboxylic acids is 1. The van der Waals surface area contributed by atoms with Crippen LogP contribution in [-0.4, -0.2) is 30.8 Å². The normalized spacial score (nSPS) is 11.8. The molecule has 1 aromatic heterocycles. The highest BCUT2D eigenvalue weighted by atomic mass is 79.9. The van der Waals surface area contributed by atoms with Crippen LogP contribution >= 0.6 is 27.3 Å². The Bertz CT molecular complexity index is 753. The first-order valence-electron chi connectivity index (χ1n) is 5.84. The third-order valence-electron chi connectivity index (χ3n) is 2.83. The topological polar surface area (TPSA) is 74.7 Å². The second-order valence-electron chi connectivity index (χ2n) is 4.31. The summed E-state index contributed by atoms with van der Waals surface area (Å²) in [6, 6.07) is 8.58. The minimum absolute atomic E-state index is 0.167. The minimum atomic E-state index is -3.83. The summed E-state index contributed by atoms with van der Waals surface area (Å²) in [6.07, 6.45) is 0. The molecule has 0 fully saturated rings. The third kappa shape index (κ3) is 3.52. The summed E-state index contributed by atoms with van der Waals surface area (Å²) in [7, 11) is -2.40. The van der Waals surface area contributed by atoms with Gasteiger partial charge in [-0.25, -0.2) is 13.2 Å². The van der Waals surface area contributed by atoms with Crippen LogP contribution in [0.2, 0.25) is 0 Å². The summed E-state index contributed by atoms with van der Waals surface area (Å²) >= 11 is 4.21. The number of benzene rings is 1. The quantitative estimate of drug-likeness (QED) is 0.852. The van der Waals surface area contributed by atoms with Crippen LogP contribution in [0.1, 0.15) is 15.2 Å². The van der Waals surface area contributed by atoms with Crippen molar-refractivity contribution in [1.82, 2.24) is 4.31 Å². The molecule has 0 spiro atoms. The average molecular weight is 390 g/mol. The molecule has 2 rings (SSSR count). The van der Waals surface area contributed by atoms with Crippen molar-refractivity contribution in [2.75, 3.05) is 7.05 Å². The van der Waals surface area contributed by atoms with Gasteiger partial charge in [0.25, 0.3) is 0 Å². The van der Waals surface area contributed by atoms with Crippen LogP contribution in [0.25, 0.3) is 0 Å². The zero-order valence-electron chi connectivity index (χ0n) is 11.0. The maximum atomic E-state index is 12.4. The van der Waals surface area contributed by atoms with Crippen molar-refractivity contribution in [2.24, 2.45) is 0 Å². The van der Waals surface area contributed by atoms with Crippen LogP contribution in [0.4, 0.5) is 0 Å². The van der Waals surface area contributed by atoms with E-state index in [1.54, 1.807) is 0 Å². The maximum absolute atomic E-state index is 12.4. The molecule has 0 aliphatic rings. The Labute approximate surface area is 135 Å². The van der Waals surface area contributed by atoms with Crippen molar-refractivity contribution in [3.8, 4) is 0 Å². The molecule has 0 unspecified atom stereocenters. The molecule has 2 aromatic rings. The monoisotopic (exact) mass is 389 g/mol. The molecule has 1 aromatic carbocycles. The van der Waals surface area contributed by atoms with Gasteiger partial charge in [-0.1, -0.05) is 28.1 Å². The number of sulfonamides is 1. The lowest BCUT2D eigenvalue weighted by molar-refractivity contribution is 0.0698. The van der Waals surface area contributed by atoms with Gasteiger partial charge in [-0.15, -0.1) is 11.3 Å². The zero-order valence-corrected chi connectivity index (χ0v) is 14.2. The Balaban J connectivity index is 2.28. The van der Waals surface area contributed by atoms with Crippen LogP contribution in [0.15, 0.2) is 45.1 Å². The fraction of sp³-hybridized carbons (Fsp3) is 0.154. The molecule has 0 atom stereocenters. The molecule has 0 saturated carbocycles. The number of hydrogen-bond acceptors (Lipinski definition) is 4. The number of carboxylic acids is 1. The van der Waals surface area contributed by atoms with Gasteiger partial charge in [0, 0.05) is 18.1 Å². The van der Waals surface area contributed by atoms with Crippen LogP contribution in [0, 0.1) is 0 Å². The maximum Gasteiger partial charge on any atom is 0.347 e. The number of carboxylic acid groups (broad SMARTS) is 1. The summed E-state index contributed by atoms with van der Waals surface area (Å²) in [5, 5.41) is 10.5. The van der Waals surface area contributed by atoms with Gasteiger partial charge >= 0.3 is 5.97 Å². The smallest absolute Gasteiger partial charge is 0.347 e. The van der Waals surface area contributed by atoms with E-state index in [9.17, 15) is 13.2 Å². The number of halogens is 1. The van der Waals surface area contributed by atoms with E-state index in [1.165, 1.54) is 18.5 Å². The van der Waals surface area contributed by atoms with Crippen LogP contribution in [0.5, 0.6) is 0 Å². The van der Waals surface area contributed by atoms with E-state index in [0.717, 1.165) is 25.7 Å². The van der Waals surface area contributed by atoms with Crippen LogP contribution in [0.3, 0.4) is 0 Å². The lowest BCUT2D eigenvalue weighted by atomic mass is 10.2. The molecular formula is C13H12BrNO4S2. The molecule has 1 N–H and O–H groups in total. The molecular weight excluding hydrogens is 378 g/mol. The lowest BCUT2D eigenvalue weighted by Crippen LogP contribution is -2.27. The standard InChI is InChI=1S/C13H12BrNO4S2/c1-15(8-9-2-4-10(14)5-3-9)21(18,19)11-6-7-20-12(11)13(16)17/h2-7H,8H2,1H3,(H,16,17). The van der Waals surface area contributed by atoms with Gasteiger partial charge in [0.2, 0.25) is 10.0 Å². The van der Waals surface area contributed by atoms with Crippen molar-refractivity contribution in [1.29, 1.82) is 0 Å². The van der Waals surface area contributed by atoms with Crippen LogP contribution in [-0.2, 0) is 16.6 Å². The number of thiophene rings is 1. The first-order valence-corrected chi connectivity index (χ1v) is 8.95. The van der Waals surface area contributed by atoms with Gasteiger partial charge in [0.1, 0.15) is 9.77 Å². The number of nitrogens with zero attached hydrogens (tertiary/aromatic N) is 1. The van der Waals surface area contributed by atoms with Gasteiger partial charge in [-0.2, -0.15) is 4.31 Å². The molecule has 0 aliphatic carbocycles. The molecule has 112 valence electrons. The van der Waals surface area contributed by atoms with E-state index in [0.29, 0.717) is 0 Å². The third-order valence-corrected chi connectivity index (χ3v) is 6.24. The number of hydrogen-bond donors (Lipinski definition) is 1. The summed E-state index contributed by atoms with van der Waals surface area (Å²) in [4.78, 5) is 10.7. The van der Waals surface area contributed by atoms with E-state index in [1.807, 2.05) is 24.3 Å². The molecule has 5 nitrogen and oxygen atoms in total. The number of rotatable bonds is 5. The molecule has 0 aliphatic heterocycles. The Kier molecular flexibility index (Phi) is 4.82. The first kappa shape index (κ1) is 16.2. The van der Waals surface area contributed by atoms with E-state index in [-0.39, 0.29) is 16.3 Å². The molecule has 0 amide bonds. The summed E-state index contributed by atoms with van der Waals surface area (Å²) in [5.74, 6) is -1.24. The van der Waals surface area contributed by atoms with Crippen molar-refractivity contribution in [3.05, 3.63) is 50.6 Å². The molecule has 1 heterocycles. The van der Waals surface area contributed by atoms with E-state index < -0.39 is 16.0 Å². The molecule has 0 bridgehead atoms. The molecule has 0 saturated heterocycles. The summed E-state index contributed by atoms with van der Waals surface area (Å²) in [5.41, 5.74) is 0.816. The zero-order chi connectivity index (χ0) is 15.6. The van der Waals surface area contributed by atoms with Gasteiger partial charge < -0.3 is 5.11 Å². The van der Waals surface area contributed by atoms with E-state index in [4.69, 9.17) is 5.11 Å². The van der Waals surface area contributed by atoms with Gasteiger partial charge in [-0.3, -0.25) is 0 Å². The lowest BCUT2D eigenvalue weighted by Gasteiger charge is -2.17. The Hall–Kier alpha value is -1.22. The fourth-order valence-corrected chi connectivity index (χ4v) is 4.41. The Morgan fingerprint density at radius 3 is 2.48 bits per heavy atom. The molecule has 8 heteroatoms. The van der Waals surface area contributed by atoms with Gasteiger partial charge in [0.05, 0.1) is 0 Å². The van der Waals surface area contributed by atoms with E-state index in [2.05, 4.69) is 15.9 Å². The highest BCUT2D eigenvalue weighted by Gasteiger charge is 2.27. The van der Waals surface area contributed by atoms with Crippen molar-refractivity contribution >= 4 is 43.3 Å². The van der Waals surface area contributed by atoms with Crippen LogP contribution < -0.4 is 0 Å². The highest BCUT2D eigenvalue weighted by Crippen LogP contribution is 2.25. The van der Waals surface area contributed by atoms with Gasteiger partial charge in [-0.05, 0) is 29.1 Å². The predicted molar refractivity (Wildman–Crippen MR) is 84.1 cm³/mol. The second kappa shape index (κ2) is 6.27. The SMILES string of the molecule is CN(Cc1ccc(Br)cc1)S(=O)(=O)c1ccsc1C(=O)O. The Morgan fingerprint density at radius 2 is 1.90 bits per heavy atom. The predicted octanol–water partition coefficient (Wildman–Crippen LogP) is 3.03. The van der Waals surface area contributed by atoms with Crippen molar-refractivity contribution < 1.29 is 18.3 Å². The average Bonchev–Trinajstić information content (AvgIpc) is 2.91. The minimum Gasteiger partial charge on any atom is -0.477 e. The Morgan fingerprint density at radius 1 is 1.29 bits per heavy atom. The first-order chi connectivity index (χ1) is 9.82. The van der Waals surface area contributed by atoms with E-state index >= 15 is 0 Å². The number of carbonyl (C=O) groups is 1. The molecule has 0 radical (unpaired) electrons. The summed E-state index contributed by atoms with van der Waals surface area (Å²) < 4.78 is 26.9. The fourth-order valence-electron chi connectivity index (χ4n) is 1.76. The van der Waals surface area contributed by atoms with Crippen molar-refractivity contribution in [2.45, 2.75) is 11.4 Å². The molecule has 21 heavy (non-hydrogen) atoms. The largest absolute Gasteiger partial charge is 0.477 e. The summed E-state index contributed by atoms with van der Waals surface area (Å²) in [6.45, 7) is 0.171.